The van der Waals surface area contributed by atoms with Crippen molar-refractivity contribution in [2.24, 2.45) is 5.92 Å². The van der Waals surface area contributed by atoms with Gasteiger partial charge >= 0.3 is 0 Å². The maximum absolute atomic E-state index is 4.79. The summed E-state index contributed by atoms with van der Waals surface area (Å²) in [6.07, 6.45) is 10.2. The van der Waals surface area contributed by atoms with Gasteiger partial charge in [0.1, 0.15) is 0 Å². The summed E-state index contributed by atoms with van der Waals surface area (Å²) in [4.78, 5) is 6.27. The van der Waals surface area contributed by atoms with Crippen LogP contribution in [0.4, 0.5) is 5.69 Å². The minimum Gasteiger partial charge on any atom is -0.380 e. The largest absolute Gasteiger partial charge is 0.380 e. The highest BCUT2D eigenvalue weighted by Gasteiger charge is 2.14. The van der Waals surface area contributed by atoms with Gasteiger partial charge in [-0.2, -0.15) is 0 Å². The number of aromatic nitrogens is 1. The van der Waals surface area contributed by atoms with Crippen molar-refractivity contribution in [1.29, 1.82) is 0 Å². The van der Waals surface area contributed by atoms with Crippen LogP contribution in [0.15, 0.2) is 29.9 Å². The van der Waals surface area contributed by atoms with Crippen molar-refractivity contribution in [3.8, 4) is 0 Å². The third kappa shape index (κ3) is 4.72. The minimum atomic E-state index is 0.649. The fraction of sp³-hybridized carbons (Fsp3) is 0.500. The van der Waals surface area contributed by atoms with E-state index in [2.05, 4.69) is 57.3 Å². The lowest BCUT2D eigenvalue weighted by atomic mass is 9.96. The number of aryl methyl sites for hydroxylation is 3. The highest BCUT2D eigenvalue weighted by Crippen LogP contribution is 2.36. The fourth-order valence-electron chi connectivity index (χ4n) is 3.22. The van der Waals surface area contributed by atoms with Crippen molar-refractivity contribution in [2.75, 3.05) is 11.9 Å². The van der Waals surface area contributed by atoms with Gasteiger partial charge in [0.25, 0.3) is 0 Å². The van der Waals surface area contributed by atoms with E-state index >= 15 is 0 Å². The van der Waals surface area contributed by atoms with E-state index in [1.54, 1.807) is 0 Å². The highest BCUT2D eigenvalue weighted by atomic mass is 32.1. The molecule has 0 amide bonds. The first-order chi connectivity index (χ1) is 12.1. The molecule has 0 bridgehead atoms. The minimum absolute atomic E-state index is 0.649. The fourth-order valence-corrected chi connectivity index (χ4v) is 4.56. The third-order valence-corrected chi connectivity index (χ3v) is 5.81. The SMILES string of the molecule is CC.CCCc1sc2c(NCC3=CC=CC(C)C3)cc(C)nc2c1C. The van der Waals surface area contributed by atoms with Gasteiger partial charge in [-0.15, -0.1) is 11.3 Å². The molecule has 1 aliphatic carbocycles. The monoisotopic (exact) mass is 356 g/mol. The molecule has 2 aromatic rings. The third-order valence-electron chi connectivity index (χ3n) is 4.44. The number of thiophene rings is 1. The Bertz CT molecular complexity index is 768. The Kier molecular flexibility index (Phi) is 7.24. The number of allylic oxidation sites excluding steroid dienone is 3. The van der Waals surface area contributed by atoms with E-state index in [1.165, 1.54) is 38.3 Å². The van der Waals surface area contributed by atoms with Crippen LogP contribution in [0.2, 0.25) is 0 Å². The molecule has 0 aliphatic heterocycles. The molecule has 3 heteroatoms. The number of rotatable bonds is 5. The number of pyridine rings is 1. The molecule has 1 unspecified atom stereocenters. The van der Waals surface area contributed by atoms with Crippen LogP contribution in [0.3, 0.4) is 0 Å². The van der Waals surface area contributed by atoms with Crippen LogP contribution in [-0.4, -0.2) is 11.5 Å². The van der Waals surface area contributed by atoms with Gasteiger partial charge in [-0.25, -0.2) is 0 Å². The second-order valence-corrected chi connectivity index (χ2v) is 7.74. The maximum atomic E-state index is 4.79. The van der Waals surface area contributed by atoms with Crippen LogP contribution in [0.1, 0.15) is 56.7 Å². The zero-order chi connectivity index (χ0) is 18.4. The average molecular weight is 357 g/mol. The second kappa shape index (κ2) is 9.19. The number of fused-ring (bicyclic) bond motifs is 1. The van der Waals surface area contributed by atoms with Crippen molar-refractivity contribution in [1.82, 2.24) is 4.98 Å². The number of nitrogens with one attached hydrogen (secondary N) is 1. The first-order valence-electron chi connectivity index (χ1n) is 9.58. The molecule has 1 aliphatic rings. The van der Waals surface area contributed by atoms with Gasteiger partial charge in [0.05, 0.1) is 15.9 Å². The standard InChI is InChI=1S/C20H26N2S.C2H6/c1-5-7-18-15(4)19-20(23-18)17(11-14(3)22-19)21-12-16-9-6-8-13(2)10-16;1-2/h6,8-9,11,13H,5,7,10,12H2,1-4H3,(H,21,22);1-2H3. The molecule has 0 saturated carbocycles. The molecule has 0 aromatic carbocycles. The van der Waals surface area contributed by atoms with E-state index in [9.17, 15) is 0 Å². The number of hydrogen-bond donors (Lipinski definition) is 1. The number of nitrogens with zero attached hydrogens (tertiary/aromatic N) is 1. The van der Waals surface area contributed by atoms with Crippen LogP contribution in [0, 0.1) is 19.8 Å². The van der Waals surface area contributed by atoms with Gasteiger partial charge in [0.15, 0.2) is 0 Å². The second-order valence-electron chi connectivity index (χ2n) is 6.63. The van der Waals surface area contributed by atoms with Crippen LogP contribution in [0.5, 0.6) is 0 Å². The predicted octanol–water partition coefficient (Wildman–Crippen LogP) is 6.83. The molecule has 3 rings (SSSR count). The molecule has 0 radical (unpaired) electrons. The molecule has 1 atom stereocenters. The van der Waals surface area contributed by atoms with E-state index in [0.29, 0.717) is 5.92 Å². The van der Waals surface area contributed by atoms with Gasteiger partial charge in [-0.1, -0.05) is 57.9 Å². The topological polar surface area (TPSA) is 24.9 Å². The van der Waals surface area contributed by atoms with Gasteiger partial charge in [-0.3, -0.25) is 4.98 Å². The molecule has 0 fully saturated rings. The number of anilines is 1. The summed E-state index contributed by atoms with van der Waals surface area (Å²) in [5.74, 6) is 0.649. The van der Waals surface area contributed by atoms with E-state index in [-0.39, 0.29) is 0 Å². The van der Waals surface area contributed by atoms with E-state index < -0.39 is 0 Å². The molecule has 0 saturated heterocycles. The lowest BCUT2D eigenvalue weighted by Gasteiger charge is -2.16. The van der Waals surface area contributed by atoms with E-state index in [1.807, 2.05) is 25.2 Å². The predicted molar refractivity (Wildman–Crippen MR) is 114 cm³/mol. The summed E-state index contributed by atoms with van der Waals surface area (Å²) in [6, 6.07) is 2.19. The Morgan fingerprint density at radius 3 is 2.72 bits per heavy atom. The lowest BCUT2D eigenvalue weighted by Crippen LogP contribution is -2.09. The first kappa shape index (κ1) is 19.7. The Labute approximate surface area is 157 Å². The molecule has 2 nitrogen and oxygen atoms in total. The van der Waals surface area contributed by atoms with E-state index in [0.717, 1.165) is 25.1 Å². The molecular formula is C22H32N2S. The van der Waals surface area contributed by atoms with Crippen molar-refractivity contribution >= 4 is 27.2 Å². The normalized spacial score (nSPS) is 16.4. The van der Waals surface area contributed by atoms with E-state index in [4.69, 9.17) is 4.98 Å². The zero-order valence-corrected chi connectivity index (χ0v) is 17.4. The molecule has 136 valence electrons. The van der Waals surface area contributed by atoms with Gasteiger partial charge in [0, 0.05) is 17.1 Å². The van der Waals surface area contributed by atoms with Gasteiger partial charge < -0.3 is 5.32 Å². The molecule has 2 heterocycles. The van der Waals surface area contributed by atoms with Crippen LogP contribution >= 0.6 is 11.3 Å². The lowest BCUT2D eigenvalue weighted by molar-refractivity contribution is 0.701. The Balaban J connectivity index is 0.00000109. The summed E-state index contributed by atoms with van der Waals surface area (Å²) >= 11 is 1.91. The highest BCUT2D eigenvalue weighted by molar-refractivity contribution is 7.19. The quantitative estimate of drug-likeness (QED) is 0.635. The molecule has 1 N–H and O–H groups in total. The van der Waals surface area contributed by atoms with Crippen molar-refractivity contribution in [3.05, 3.63) is 46.0 Å². The summed E-state index contributed by atoms with van der Waals surface area (Å²) < 4.78 is 1.32. The first-order valence-corrected chi connectivity index (χ1v) is 10.4. The zero-order valence-electron chi connectivity index (χ0n) is 16.6. The summed E-state index contributed by atoms with van der Waals surface area (Å²) in [5, 5.41) is 3.67. The average Bonchev–Trinajstić information content (AvgIpc) is 2.91. The van der Waals surface area contributed by atoms with Crippen molar-refractivity contribution in [3.63, 3.8) is 0 Å². The van der Waals surface area contributed by atoms with Crippen molar-refractivity contribution in [2.45, 2.75) is 60.8 Å². The van der Waals surface area contributed by atoms with Crippen molar-refractivity contribution < 1.29 is 0 Å². The molecule has 25 heavy (non-hydrogen) atoms. The summed E-state index contributed by atoms with van der Waals surface area (Å²) in [5.41, 5.74) is 6.37. The summed E-state index contributed by atoms with van der Waals surface area (Å²) in [7, 11) is 0. The molecular weight excluding hydrogens is 324 g/mol. The van der Waals surface area contributed by atoms with Crippen LogP contribution < -0.4 is 5.32 Å². The maximum Gasteiger partial charge on any atom is 0.0865 e. The van der Waals surface area contributed by atoms with Crippen LogP contribution in [0.25, 0.3) is 10.2 Å². The van der Waals surface area contributed by atoms with Crippen LogP contribution in [-0.2, 0) is 6.42 Å². The smallest absolute Gasteiger partial charge is 0.0865 e. The summed E-state index contributed by atoms with van der Waals surface area (Å²) in [6.45, 7) is 13.7. The Morgan fingerprint density at radius 2 is 2.04 bits per heavy atom. The van der Waals surface area contributed by atoms with Gasteiger partial charge in [0.2, 0.25) is 0 Å². The Morgan fingerprint density at radius 1 is 1.28 bits per heavy atom. The Hall–Kier alpha value is -1.61. The number of hydrogen-bond acceptors (Lipinski definition) is 3. The van der Waals surface area contributed by atoms with Gasteiger partial charge in [-0.05, 0) is 44.2 Å². The molecule has 0 spiro atoms. The molecule has 2 aromatic heterocycles.